The highest BCUT2D eigenvalue weighted by Crippen LogP contribution is 2.26. The molecule has 0 fully saturated rings. The van der Waals surface area contributed by atoms with Crippen LogP contribution in [0.15, 0.2) is 60.8 Å². The standard InChI is InChI=1S/C22H24N4O2/c1-4-28-20-12-8-7-11-18(20)25-22-23-14-13-19(26-22)21(27)24-17-10-6-5-9-16(17)15(2)3/h5-15H,4H2,1-3H3,(H,24,27)(H,23,25,26). The molecule has 28 heavy (non-hydrogen) atoms. The second kappa shape index (κ2) is 8.99. The van der Waals surface area contributed by atoms with Crippen molar-refractivity contribution in [1.82, 2.24) is 9.97 Å². The first-order valence-corrected chi connectivity index (χ1v) is 9.30. The highest BCUT2D eigenvalue weighted by Gasteiger charge is 2.13. The van der Waals surface area contributed by atoms with Crippen LogP contribution in [0.25, 0.3) is 0 Å². The maximum atomic E-state index is 12.7. The molecular weight excluding hydrogens is 352 g/mol. The van der Waals surface area contributed by atoms with Gasteiger partial charge in [0.1, 0.15) is 11.4 Å². The first kappa shape index (κ1) is 19.4. The molecule has 3 aromatic rings. The van der Waals surface area contributed by atoms with E-state index in [2.05, 4.69) is 34.4 Å². The topological polar surface area (TPSA) is 76.1 Å². The summed E-state index contributed by atoms with van der Waals surface area (Å²) < 4.78 is 5.60. The fourth-order valence-corrected chi connectivity index (χ4v) is 2.82. The largest absolute Gasteiger partial charge is 0.492 e. The molecule has 3 rings (SSSR count). The van der Waals surface area contributed by atoms with Crippen molar-refractivity contribution in [1.29, 1.82) is 0 Å². The minimum absolute atomic E-state index is 0.281. The number of para-hydroxylation sites is 3. The van der Waals surface area contributed by atoms with E-state index >= 15 is 0 Å². The quantitative estimate of drug-likeness (QED) is 0.607. The zero-order valence-corrected chi connectivity index (χ0v) is 16.3. The van der Waals surface area contributed by atoms with Gasteiger partial charge in [0.2, 0.25) is 5.95 Å². The molecule has 0 aliphatic carbocycles. The normalized spacial score (nSPS) is 10.6. The van der Waals surface area contributed by atoms with Crippen molar-refractivity contribution in [2.75, 3.05) is 17.2 Å². The minimum atomic E-state index is -0.281. The van der Waals surface area contributed by atoms with Gasteiger partial charge < -0.3 is 15.4 Å². The number of nitrogens with one attached hydrogen (secondary N) is 2. The van der Waals surface area contributed by atoms with Gasteiger partial charge in [0.15, 0.2) is 0 Å². The van der Waals surface area contributed by atoms with E-state index in [4.69, 9.17) is 4.74 Å². The number of benzene rings is 2. The van der Waals surface area contributed by atoms with Crippen LogP contribution in [0.1, 0.15) is 42.7 Å². The van der Waals surface area contributed by atoms with E-state index in [1.807, 2.05) is 55.5 Å². The summed E-state index contributed by atoms with van der Waals surface area (Å²) in [6, 6.07) is 16.9. The van der Waals surface area contributed by atoms with E-state index in [0.717, 1.165) is 16.9 Å². The van der Waals surface area contributed by atoms with Gasteiger partial charge >= 0.3 is 0 Å². The van der Waals surface area contributed by atoms with Crippen molar-refractivity contribution in [3.8, 4) is 5.75 Å². The molecule has 0 spiro atoms. The number of aromatic nitrogens is 2. The van der Waals surface area contributed by atoms with Crippen molar-refractivity contribution in [2.24, 2.45) is 0 Å². The molecule has 0 atom stereocenters. The molecule has 144 valence electrons. The zero-order chi connectivity index (χ0) is 19.9. The Morgan fingerprint density at radius 2 is 1.75 bits per heavy atom. The summed E-state index contributed by atoms with van der Waals surface area (Å²) >= 11 is 0. The summed E-state index contributed by atoms with van der Waals surface area (Å²) in [6.45, 7) is 6.66. The Morgan fingerprint density at radius 3 is 2.50 bits per heavy atom. The van der Waals surface area contributed by atoms with Crippen LogP contribution in [0, 0.1) is 0 Å². The monoisotopic (exact) mass is 376 g/mol. The van der Waals surface area contributed by atoms with Crippen LogP contribution in [0.3, 0.4) is 0 Å². The van der Waals surface area contributed by atoms with Gasteiger partial charge in [-0.15, -0.1) is 0 Å². The average Bonchev–Trinajstić information content (AvgIpc) is 2.70. The Morgan fingerprint density at radius 1 is 1.04 bits per heavy atom. The molecular formula is C22H24N4O2. The van der Waals surface area contributed by atoms with E-state index in [9.17, 15) is 4.79 Å². The maximum Gasteiger partial charge on any atom is 0.274 e. The molecule has 2 N–H and O–H groups in total. The fourth-order valence-electron chi connectivity index (χ4n) is 2.82. The third-order valence-corrected chi connectivity index (χ3v) is 4.15. The van der Waals surface area contributed by atoms with Gasteiger partial charge in [-0.1, -0.05) is 44.2 Å². The lowest BCUT2D eigenvalue weighted by Gasteiger charge is -2.14. The van der Waals surface area contributed by atoms with Crippen molar-refractivity contribution in [3.05, 3.63) is 72.1 Å². The van der Waals surface area contributed by atoms with Crippen LogP contribution in [0.2, 0.25) is 0 Å². The van der Waals surface area contributed by atoms with Gasteiger partial charge in [0.25, 0.3) is 5.91 Å². The Bertz CT molecular complexity index is 957. The molecule has 0 aliphatic heterocycles. The molecule has 1 aromatic heterocycles. The van der Waals surface area contributed by atoms with Gasteiger partial charge in [-0.2, -0.15) is 0 Å². The summed E-state index contributed by atoms with van der Waals surface area (Å²) in [5, 5.41) is 6.07. The number of anilines is 3. The molecule has 1 amide bonds. The lowest BCUT2D eigenvalue weighted by Crippen LogP contribution is -2.16. The zero-order valence-electron chi connectivity index (χ0n) is 16.3. The van der Waals surface area contributed by atoms with Gasteiger partial charge in [0.05, 0.1) is 12.3 Å². The summed E-state index contributed by atoms with van der Waals surface area (Å²) in [6.07, 6.45) is 1.56. The summed E-state index contributed by atoms with van der Waals surface area (Å²) in [5.41, 5.74) is 2.89. The van der Waals surface area contributed by atoms with Crippen LogP contribution < -0.4 is 15.4 Å². The van der Waals surface area contributed by atoms with Crippen molar-refractivity contribution < 1.29 is 9.53 Å². The van der Waals surface area contributed by atoms with Crippen molar-refractivity contribution in [3.63, 3.8) is 0 Å². The SMILES string of the molecule is CCOc1ccccc1Nc1nccc(C(=O)Nc2ccccc2C(C)C)n1. The van der Waals surface area contributed by atoms with Gasteiger partial charge in [0, 0.05) is 11.9 Å². The fraction of sp³-hybridized carbons (Fsp3) is 0.227. The molecule has 0 aliphatic rings. The number of hydrogen-bond donors (Lipinski definition) is 2. The highest BCUT2D eigenvalue weighted by molar-refractivity contribution is 6.03. The summed E-state index contributed by atoms with van der Waals surface area (Å²) in [5.74, 6) is 1.05. The molecule has 0 radical (unpaired) electrons. The molecule has 0 saturated carbocycles. The third-order valence-electron chi connectivity index (χ3n) is 4.15. The number of carbonyl (C=O) groups is 1. The number of carbonyl (C=O) groups excluding carboxylic acids is 1. The van der Waals surface area contributed by atoms with Crippen molar-refractivity contribution in [2.45, 2.75) is 26.7 Å². The van der Waals surface area contributed by atoms with E-state index in [1.54, 1.807) is 12.3 Å². The van der Waals surface area contributed by atoms with E-state index < -0.39 is 0 Å². The predicted octanol–water partition coefficient (Wildman–Crippen LogP) is 4.99. The summed E-state index contributed by atoms with van der Waals surface area (Å²) in [4.78, 5) is 21.3. The van der Waals surface area contributed by atoms with E-state index in [0.29, 0.717) is 24.2 Å². The first-order chi connectivity index (χ1) is 13.6. The number of amides is 1. The third kappa shape index (κ3) is 4.65. The van der Waals surface area contributed by atoms with E-state index in [-0.39, 0.29) is 11.6 Å². The Hall–Kier alpha value is -3.41. The second-order valence-corrected chi connectivity index (χ2v) is 6.52. The number of rotatable bonds is 7. The predicted molar refractivity (Wildman–Crippen MR) is 111 cm³/mol. The van der Waals surface area contributed by atoms with Crippen LogP contribution in [-0.4, -0.2) is 22.5 Å². The number of hydrogen-bond acceptors (Lipinski definition) is 5. The minimum Gasteiger partial charge on any atom is -0.492 e. The molecule has 6 nitrogen and oxygen atoms in total. The first-order valence-electron chi connectivity index (χ1n) is 9.30. The number of ether oxygens (including phenoxy) is 1. The molecule has 0 unspecified atom stereocenters. The van der Waals surface area contributed by atoms with Gasteiger partial charge in [-0.05, 0) is 42.7 Å². The lowest BCUT2D eigenvalue weighted by molar-refractivity contribution is 0.102. The molecule has 0 saturated heterocycles. The smallest absolute Gasteiger partial charge is 0.274 e. The van der Waals surface area contributed by atoms with Crippen LogP contribution in [-0.2, 0) is 0 Å². The van der Waals surface area contributed by atoms with Crippen LogP contribution in [0.5, 0.6) is 5.75 Å². The van der Waals surface area contributed by atoms with Crippen molar-refractivity contribution >= 4 is 23.2 Å². The van der Waals surface area contributed by atoms with Gasteiger partial charge in [-0.25, -0.2) is 9.97 Å². The second-order valence-electron chi connectivity index (χ2n) is 6.52. The molecule has 1 heterocycles. The van der Waals surface area contributed by atoms with Gasteiger partial charge in [-0.3, -0.25) is 4.79 Å². The highest BCUT2D eigenvalue weighted by atomic mass is 16.5. The average molecular weight is 376 g/mol. The van der Waals surface area contributed by atoms with Crippen LogP contribution >= 0.6 is 0 Å². The maximum absolute atomic E-state index is 12.7. The number of nitrogens with zero attached hydrogens (tertiary/aromatic N) is 2. The molecule has 6 heteroatoms. The summed E-state index contributed by atoms with van der Waals surface area (Å²) in [7, 11) is 0. The lowest BCUT2D eigenvalue weighted by atomic mass is 10.0. The molecule has 2 aromatic carbocycles. The van der Waals surface area contributed by atoms with E-state index in [1.165, 1.54) is 0 Å². The molecule has 0 bridgehead atoms. The van der Waals surface area contributed by atoms with Crippen LogP contribution in [0.4, 0.5) is 17.3 Å². The Balaban J connectivity index is 1.79. The Kier molecular flexibility index (Phi) is 6.22. The Labute approximate surface area is 165 Å².